The molecule has 0 aliphatic carbocycles. The molecule has 29 heavy (non-hydrogen) atoms. The Morgan fingerprint density at radius 3 is 1.93 bits per heavy atom. The van der Waals surface area contributed by atoms with Gasteiger partial charge in [-0.1, -0.05) is 88.4 Å². The summed E-state index contributed by atoms with van der Waals surface area (Å²) in [5.41, 5.74) is 1.48. The largest absolute Gasteiger partial charge is 0.416 e. The molecule has 0 spiro atoms. The third kappa shape index (κ3) is 2.72. The van der Waals surface area contributed by atoms with Crippen molar-refractivity contribution in [2.45, 2.75) is 38.9 Å². The van der Waals surface area contributed by atoms with E-state index >= 15 is 0 Å². The molecular weight excluding hydrogens is 385 g/mol. The van der Waals surface area contributed by atoms with Crippen LogP contribution in [0.1, 0.15) is 33.3 Å². The van der Waals surface area contributed by atoms with Crippen molar-refractivity contribution >= 4 is 23.6 Å². The van der Waals surface area contributed by atoms with Crippen LogP contribution in [-0.4, -0.2) is 8.07 Å². The van der Waals surface area contributed by atoms with E-state index in [-0.39, 0.29) is 5.04 Å². The molecule has 0 unspecified atom stereocenters. The number of rotatable bonds is 3. The van der Waals surface area contributed by atoms with Gasteiger partial charge in [0.15, 0.2) is 8.07 Å². The Balaban J connectivity index is 2.19. The number of hydrogen-bond acceptors (Lipinski definition) is 0. The number of halogens is 3. The fourth-order valence-electron chi connectivity index (χ4n) is 4.95. The topological polar surface area (TPSA) is 0 Å². The molecule has 0 nitrogen and oxygen atoms in total. The number of benzene rings is 3. The van der Waals surface area contributed by atoms with Gasteiger partial charge in [0.2, 0.25) is 0 Å². The molecule has 0 saturated heterocycles. The molecule has 1 aliphatic heterocycles. The van der Waals surface area contributed by atoms with Gasteiger partial charge in [-0.25, -0.2) is 0 Å². The van der Waals surface area contributed by atoms with Crippen LogP contribution in [0.15, 0.2) is 72.8 Å². The van der Waals surface area contributed by atoms with Crippen molar-refractivity contribution in [3.8, 4) is 11.1 Å². The predicted molar refractivity (Wildman–Crippen MR) is 117 cm³/mol. The van der Waals surface area contributed by atoms with Crippen LogP contribution in [0.2, 0.25) is 5.04 Å². The molecule has 0 radical (unpaired) electrons. The highest BCUT2D eigenvalue weighted by Crippen LogP contribution is 2.48. The van der Waals surface area contributed by atoms with Gasteiger partial charge in [0.25, 0.3) is 0 Å². The highest BCUT2D eigenvalue weighted by Gasteiger charge is 2.57. The van der Waals surface area contributed by atoms with Gasteiger partial charge in [-0.15, -0.1) is 0 Å². The van der Waals surface area contributed by atoms with Gasteiger partial charge in [0.1, 0.15) is 0 Å². The third-order valence-corrected chi connectivity index (χ3v) is 13.2. The Morgan fingerprint density at radius 1 is 0.724 bits per heavy atom. The zero-order chi connectivity index (χ0) is 21.0. The van der Waals surface area contributed by atoms with Crippen molar-refractivity contribution in [2.24, 2.45) is 5.92 Å². The molecule has 0 N–H and O–H groups in total. The molecule has 3 aromatic rings. The minimum Gasteiger partial charge on any atom is -0.166 e. The molecule has 0 amide bonds. The monoisotopic (exact) mass is 410 g/mol. The molecule has 0 saturated carbocycles. The molecule has 0 aromatic heterocycles. The second-order valence-corrected chi connectivity index (χ2v) is 13.2. The summed E-state index contributed by atoms with van der Waals surface area (Å²) in [5.74, 6) is 0.294. The van der Waals surface area contributed by atoms with E-state index in [1.54, 1.807) is 6.07 Å². The maximum absolute atomic E-state index is 13.7. The molecule has 0 fully saturated rings. The van der Waals surface area contributed by atoms with E-state index in [1.165, 1.54) is 22.5 Å². The van der Waals surface area contributed by atoms with Gasteiger partial charge in [-0.05, 0) is 49.8 Å². The fourth-order valence-corrected chi connectivity index (χ4v) is 11.5. The van der Waals surface area contributed by atoms with Crippen LogP contribution in [0.4, 0.5) is 13.2 Å². The SMILES string of the molecule is CC(C)C(C)(C)[Si@]1(c2ccccc2)c2ccccc2-c2ccc(C(F)(F)F)cc21. The maximum Gasteiger partial charge on any atom is 0.416 e. The molecule has 1 heterocycles. The normalized spacial score (nSPS) is 18.6. The predicted octanol–water partition coefficient (Wildman–Crippen LogP) is 5.59. The lowest BCUT2D eigenvalue weighted by Gasteiger charge is -2.47. The van der Waals surface area contributed by atoms with E-state index in [0.717, 1.165) is 16.3 Å². The summed E-state index contributed by atoms with van der Waals surface area (Å²) in [6.07, 6.45) is -4.36. The van der Waals surface area contributed by atoms with E-state index in [0.29, 0.717) is 5.92 Å². The summed E-state index contributed by atoms with van der Waals surface area (Å²) in [6, 6.07) is 22.8. The Kier molecular flexibility index (Phi) is 4.54. The van der Waals surface area contributed by atoms with Crippen molar-refractivity contribution in [3.63, 3.8) is 0 Å². The summed E-state index contributed by atoms with van der Waals surface area (Å²) >= 11 is 0. The minimum absolute atomic E-state index is 0.195. The van der Waals surface area contributed by atoms with Crippen LogP contribution in [0.3, 0.4) is 0 Å². The number of hydrogen-bond donors (Lipinski definition) is 0. The highest BCUT2D eigenvalue weighted by molar-refractivity contribution is 7.16. The van der Waals surface area contributed by atoms with Crippen LogP contribution in [0.25, 0.3) is 11.1 Å². The van der Waals surface area contributed by atoms with Crippen LogP contribution in [0.5, 0.6) is 0 Å². The van der Waals surface area contributed by atoms with E-state index in [4.69, 9.17) is 0 Å². The molecule has 0 bridgehead atoms. The first-order valence-electron chi connectivity index (χ1n) is 9.99. The lowest BCUT2D eigenvalue weighted by molar-refractivity contribution is -0.137. The third-order valence-electron chi connectivity index (χ3n) is 6.99. The van der Waals surface area contributed by atoms with Crippen molar-refractivity contribution in [2.75, 3.05) is 0 Å². The van der Waals surface area contributed by atoms with E-state index in [1.807, 2.05) is 30.3 Å². The van der Waals surface area contributed by atoms with E-state index in [2.05, 4.69) is 52.0 Å². The smallest absolute Gasteiger partial charge is 0.166 e. The Hall–Kier alpha value is -2.33. The maximum atomic E-state index is 13.7. The summed E-state index contributed by atoms with van der Waals surface area (Å²) < 4.78 is 41.1. The lowest BCUT2D eigenvalue weighted by atomic mass is 9.99. The van der Waals surface area contributed by atoms with Crippen LogP contribution in [0, 0.1) is 5.92 Å². The van der Waals surface area contributed by atoms with Crippen molar-refractivity contribution < 1.29 is 13.2 Å². The lowest BCUT2D eigenvalue weighted by Crippen LogP contribution is -2.71. The zero-order valence-electron chi connectivity index (χ0n) is 17.1. The van der Waals surface area contributed by atoms with Crippen molar-refractivity contribution in [3.05, 3.63) is 78.4 Å². The summed E-state index contributed by atoms with van der Waals surface area (Å²) in [7, 11) is -2.75. The van der Waals surface area contributed by atoms with Gasteiger partial charge in [-0.3, -0.25) is 0 Å². The average molecular weight is 411 g/mol. The Labute approximate surface area is 171 Å². The van der Waals surface area contributed by atoms with E-state index in [9.17, 15) is 13.2 Å². The molecule has 3 aromatic carbocycles. The fraction of sp³-hybridized carbons (Fsp3) is 0.280. The molecule has 1 atom stereocenters. The quantitative estimate of drug-likeness (QED) is 0.494. The first-order valence-corrected chi connectivity index (χ1v) is 12.0. The van der Waals surface area contributed by atoms with Crippen molar-refractivity contribution in [1.29, 1.82) is 0 Å². The molecule has 1 aliphatic rings. The van der Waals surface area contributed by atoms with E-state index < -0.39 is 19.8 Å². The molecule has 4 heteroatoms. The van der Waals surface area contributed by atoms with Crippen molar-refractivity contribution in [1.82, 2.24) is 0 Å². The number of fused-ring (bicyclic) bond motifs is 3. The van der Waals surface area contributed by atoms with Crippen LogP contribution >= 0.6 is 0 Å². The molecular formula is C25H25F3Si. The van der Waals surface area contributed by atoms with Crippen LogP contribution in [-0.2, 0) is 6.18 Å². The Morgan fingerprint density at radius 2 is 1.31 bits per heavy atom. The zero-order valence-corrected chi connectivity index (χ0v) is 18.1. The first kappa shape index (κ1) is 20.0. The summed E-state index contributed by atoms with van der Waals surface area (Å²) in [4.78, 5) is 0. The van der Waals surface area contributed by atoms with Gasteiger partial charge in [-0.2, -0.15) is 13.2 Å². The highest BCUT2D eigenvalue weighted by atomic mass is 28.3. The minimum atomic E-state index is -4.36. The van der Waals surface area contributed by atoms with Gasteiger partial charge in [0, 0.05) is 0 Å². The Bertz CT molecular complexity index is 1050. The first-order chi connectivity index (χ1) is 13.6. The van der Waals surface area contributed by atoms with Gasteiger partial charge < -0.3 is 0 Å². The van der Waals surface area contributed by atoms with Crippen LogP contribution < -0.4 is 15.6 Å². The summed E-state index contributed by atoms with van der Waals surface area (Å²) in [5, 5.41) is 3.08. The average Bonchev–Trinajstić information content (AvgIpc) is 2.99. The van der Waals surface area contributed by atoms with Gasteiger partial charge >= 0.3 is 6.18 Å². The standard InChI is InChI=1S/C25H25F3Si/c1-17(2)24(3,4)29(19-10-6-5-7-11-19)22-13-9-8-12-20(22)21-15-14-18(16-23(21)29)25(26,27)28/h5-17H,1-4H3/t29-/m1/s1. The molecule has 150 valence electrons. The molecule has 4 rings (SSSR count). The second-order valence-electron chi connectivity index (χ2n) is 8.80. The van der Waals surface area contributed by atoms with Gasteiger partial charge in [0.05, 0.1) is 5.56 Å². The summed E-state index contributed by atoms with van der Waals surface area (Å²) in [6.45, 7) is 8.85. The second kappa shape index (κ2) is 6.59. The number of alkyl halides is 3.